The molecule has 0 bridgehead atoms. The summed E-state index contributed by atoms with van der Waals surface area (Å²) >= 11 is 0. The number of hydrogen-bond donors (Lipinski definition) is 0. The number of aromatic nitrogens is 3. The second-order valence-electron chi connectivity index (χ2n) is 7.04. The van der Waals surface area contributed by atoms with Gasteiger partial charge in [0.25, 0.3) is 0 Å². The number of aryl methyl sites for hydroxylation is 1. The molecule has 1 fully saturated rings. The lowest BCUT2D eigenvalue weighted by Crippen LogP contribution is -2.34. The molecule has 0 amide bonds. The second kappa shape index (κ2) is 8.00. The summed E-state index contributed by atoms with van der Waals surface area (Å²) in [5.41, 5.74) is 1.59. The SMILES string of the molecule is CCCc1nc(-c2noc(C3CCCN(Cc4cccc(F)c4)C3)n2)co1. The monoisotopic (exact) mass is 370 g/mol. The van der Waals surface area contributed by atoms with E-state index in [2.05, 4.69) is 26.9 Å². The Labute approximate surface area is 157 Å². The fourth-order valence-electron chi connectivity index (χ4n) is 3.54. The van der Waals surface area contributed by atoms with Crippen LogP contribution in [0.1, 0.15) is 49.4 Å². The molecule has 1 aliphatic heterocycles. The number of rotatable bonds is 6. The summed E-state index contributed by atoms with van der Waals surface area (Å²) in [5.74, 6) is 1.78. The lowest BCUT2D eigenvalue weighted by atomic mass is 9.97. The van der Waals surface area contributed by atoms with Crippen molar-refractivity contribution in [2.45, 2.75) is 45.1 Å². The van der Waals surface area contributed by atoms with Crippen LogP contribution in [0.4, 0.5) is 4.39 Å². The van der Waals surface area contributed by atoms with Crippen LogP contribution in [0.2, 0.25) is 0 Å². The number of piperidine rings is 1. The minimum atomic E-state index is -0.197. The van der Waals surface area contributed by atoms with Crippen LogP contribution >= 0.6 is 0 Å². The highest BCUT2D eigenvalue weighted by atomic mass is 19.1. The zero-order valence-corrected chi connectivity index (χ0v) is 15.4. The molecule has 4 rings (SSSR count). The smallest absolute Gasteiger partial charge is 0.231 e. The molecule has 6 nitrogen and oxygen atoms in total. The van der Waals surface area contributed by atoms with Gasteiger partial charge < -0.3 is 8.94 Å². The standard InChI is InChI=1S/C20H23FN4O2/c1-2-5-18-22-17(13-26-18)19-23-20(27-24-19)15-7-4-9-25(12-15)11-14-6-3-8-16(21)10-14/h3,6,8,10,13,15H,2,4-5,7,9,11-12H2,1H3. The van der Waals surface area contributed by atoms with Gasteiger partial charge in [-0.1, -0.05) is 24.2 Å². The fraction of sp³-hybridized carbons (Fsp3) is 0.450. The molecular formula is C20H23FN4O2. The Balaban J connectivity index is 1.43. The number of halogens is 1. The van der Waals surface area contributed by atoms with E-state index in [1.54, 1.807) is 18.4 Å². The van der Waals surface area contributed by atoms with Crippen LogP contribution in [0, 0.1) is 5.82 Å². The van der Waals surface area contributed by atoms with Crippen LogP contribution in [0.5, 0.6) is 0 Å². The van der Waals surface area contributed by atoms with Gasteiger partial charge in [-0.15, -0.1) is 0 Å². The molecule has 0 aliphatic carbocycles. The quantitative estimate of drug-likeness (QED) is 0.648. The lowest BCUT2D eigenvalue weighted by Gasteiger charge is -2.30. The molecule has 0 N–H and O–H groups in total. The Morgan fingerprint density at radius 1 is 1.30 bits per heavy atom. The number of nitrogens with zero attached hydrogens (tertiary/aromatic N) is 4. The highest BCUT2D eigenvalue weighted by Crippen LogP contribution is 2.28. The van der Waals surface area contributed by atoms with E-state index < -0.39 is 0 Å². The molecule has 1 atom stereocenters. The van der Waals surface area contributed by atoms with Gasteiger partial charge in [-0.3, -0.25) is 4.90 Å². The van der Waals surface area contributed by atoms with Crippen molar-refractivity contribution in [1.82, 2.24) is 20.0 Å². The Morgan fingerprint density at radius 3 is 3.07 bits per heavy atom. The summed E-state index contributed by atoms with van der Waals surface area (Å²) in [6.07, 6.45) is 5.39. The van der Waals surface area contributed by atoms with E-state index in [1.165, 1.54) is 6.07 Å². The molecular weight excluding hydrogens is 347 g/mol. The van der Waals surface area contributed by atoms with E-state index in [4.69, 9.17) is 8.94 Å². The molecule has 0 spiro atoms. The molecule has 2 aromatic heterocycles. The minimum absolute atomic E-state index is 0.176. The second-order valence-corrected chi connectivity index (χ2v) is 7.04. The fourth-order valence-corrected chi connectivity index (χ4v) is 3.54. The third-order valence-electron chi connectivity index (χ3n) is 4.84. The van der Waals surface area contributed by atoms with Gasteiger partial charge in [0.2, 0.25) is 11.7 Å². The van der Waals surface area contributed by atoms with Crippen LogP contribution < -0.4 is 0 Å². The molecule has 7 heteroatoms. The van der Waals surface area contributed by atoms with Gasteiger partial charge in [-0.2, -0.15) is 4.98 Å². The molecule has 1 aromatic carbocycles. The summed E-state index contributed by atoms with van der Waals surface area (Å²) in [4.78, 5) is 11.3. The molecule has 27 heavy (non-hydrogen) atoms. The number of benzene rings is 1. The van der Waals surface area contributed by atoms with Gasteiger partial charge in [-0.25, -0.2) is 9.37 Å². The van der Waals surface area contributed by atoms with Crippen molar-refractivity contribution < 1.29 is 13.3 Å². The van der Waals surface area contributed by atoms with Crippen LogP contribution in [-0.2, 0) is 13.0 Å². The third-order valence-corrected chi connectivity index (χ3v) is 4.84. The predicted octanol–water partition coefficient (Wildman–Crippen LogP) is 4.20. The van der Waals surface area contributed by atoms with Gasteiger partial charge in [0.05, 0.1) is 5.92 Å². The minimum Gasteiger partial charge on any atom is -0.448 e. The van der Waals surface area contributed by atoms with Gasteiger partial charge in [0.15, 0.2) is 5.89 Å². The van der Waals surface area contributed by atoms with E-state index in [-0.39, 0.29) is 11.7 Å². The normalized spacial score (nSPS) is 18.1. The van der Waals surface area contributed by atoms with Crippen molar-refractivity contribution in [1.29, 1.82) is 0 Å². The van der Waals surface area contributed by atoms with Crippen molar-refractivity contribution in [3.8, 4) is 11.5 Å². The first-order chi connectivity index (χ1) is 13.2. The van der Waals surface area contributed by atoms with Crippen molar-refractivity contribution >= 4 is 0 Å². The van der Waals surface area contributed by atoms with E-state index in [0.29, 0.717) is 23.3 Å². The maximum absolute atomic E-state index is 13.4. The topological polar surface area (TPSA) is 68.2 Å². The Kier molecular flexibility index (Phi) is 5.29. The van der Waals surface area contributed by atoms with E-state index >= 15 is 0 Å². The summed E-state index contributed by atoms with van der Waals surface area (Å²) in [6, 6.07) is 6.77. The van der Waals surface area contributed by atoms with Crippen molar-refractivity contribution in [2.75, 3.05) is 13.1 Å². The Hall–Kier alpha value is -2.54. The van der Waals surface area contributed by atoms with Gasteiger partial charge in [0.1, 0.15) is 17.8 Å². The van der Waals surface area contributed by atoms with Crippen LogP contribution in [0.25, 0.3) is 11.5 Å². The van der Waals surface area contributed by atoms with Crippen LogP contribution in [-0.4, -0.2) is 33.1 Å². The van der Waals surface area contributed by atoms with Crippen LogP contribution in [0.3, 0.4) is 0 Å². The lowest BCUT2D eigenvalue weighted by molar-refractivity contribution is 0.180. The molecule has 1 saturated heterocycles. The number of oxazole rings is 1. The van der Waals surface area contributed by atoms with Gasteiger partial charge in [0, 0.05) is 19.5 Å². The zero-order valence-electron chi connectivity index (χ0n) is 15.4. The van der Waals surface area contributed by atoms with E-state index in [0.717, 1.165) is 50.9 Å². The summed E-state index contributed by atoms with van der Waals surface area (Å²) < 4.78 is 24.4. The van der Waals surface area contributed by atoms with Crippen molar-refractivity contribution in [3.63, 3.8) is 0 Å². The highest BCUT2D eigenvalue weighted by Gasteiger charge is 2.26. The first-order valence-electron chi connectivity index (χ1n) is 9.46. The average molecular weight is 370 g/mol. The number of hydrogen-bond acceptors (Lipinski definition) is 6. The molecule has 3 heterocycles. The molecule has 0 radical (unpaired) electrons. The zero-order chi connectivity index (χ0) is 18.6. The average Bonchev–Trinajstić information content (AvgIpc) is 3.32. The van der Waals surface area contributed by atoms with Crippen LogP contribution in [0.15, 0.2) is 39.5 Å². The first kappa shape index (κ1) is 17.9. The maximum Gasteiger partial charge on any atom is 0.231 e. The summed E-state index contributed by atoms with van der Waals surface area (Å²) in [5, 5.41) is 4.08. The first-order valence-corrected chi connectivity index (χ1v) is 9.46. The molecule has 0 saturated carbocycles. The predicted molar refractivity (Wildman–Crippen MR) is 97.4 cm³/mol. The van der Waals surface area contributed by atoms with Crippen molar-refractivity contribution in [2.24, 2.45) is 0 Å². The Bertz CT molecular complexity index is 892. The highest BCUT2D eigenvalue weighted by molar-refractivity contribution is 5.45. The molecule has 3 aromatic rings. The third kappa shape index (κ3) is 4.24. The summed E-state index contributed by atoms with van der Waals surface area (Å²) in [6.45, 7) is 4.60. The maximum atomic E-state index is 13.4. The van der Waals surface area contributed by atoms with Gasteiger partial charge >= 0.3 is 0 Å². The van der Waals surface area contributed by atoms with E-state index in [1.807, 2.05) is 6.07 Å². The largest absolute Gasteiger partial charge is 0.448 e. The van der Waals surface area contributed by atoms with Gasteiger partial charge in [-0.05, 0) is 43.5 Å². The molecule has 1 aliphatic rings. The molecule has 142 valence electrons. The van der Waals surface area contributed by atoms with E-state index in [9.17, 15) is 4.39 Å². The Morgan fingerprint density at radius 2 is 2.22 bits per heavy atom. The van der Waals surface area contributed by atoms with Crippen molar-refractivity contribution in [3.05, 3.63) is 53.7 Å². The summed E-state index contributed by atoms with van der Waals surface area (Å²) in [7, 11) is 0. The number of likely N-dealkylation sites (tertiary alicyclic amines) is 1. The molecule has 1 unspecified atom stereocenters.